The molecule has 3 nitrogen and oxygen atoms in total. The van der Waals surface area contributed by atoms with Crippen molar-refractivity contribution in [2.24, 2.45) is 0 Å². The first-order valence-electron chi connectivity index (χ1n) is 7.26. The molecule has 0 radical (unpaired) electrons. The maximum atomic E-state index is 12.6. The van der Waals surface area contributed by atoms with Crippen molar-refractivity contribution in [3.8, 4) is 0 Å². The number of carbonyl (C=O) groups excluding carboxylic acids is 1. The summed E-state index contributed by atoms with van der Waals surface area (Å²) in [5.41, 5.74) is 0.255. The van der Waals surface area contributed by atoms with Crippen LogP contribution in [0.4, 0.5) is 0 Å². The van der Waals surface area contributed by atoms with E-state index >= 15 is 0 Å². The van der Waals surface area contributed by atoms with Gasteiger partial charge in [0, 0.05) is 0 Å². The third-order valence-electron chi connectivity index (χ3n) is 3.19. The number of hydrogen-bond donors (Lipinski definition) is 1. The average molecular weight is 295 g/mol. The predicted molar refractivity (Wildman–Crippen MR) is 86.0 cm³/mol. The van der Waals surface area contributed by atoms with E-state index in [1.807, 2.05) is 55.9 Å². The molecule has 1 aromatic carbocycles. The molecule has 0 spiro atoms. The summed E-state index contributed by atoms with van der Waals surface area (Å²) < 4.78 is 5.33. The van der Waals surface area contributed by atoms with Crippen molar-refractivity contribution in [1.29, 1.82) is 0 Å². The van der Waals surface area contributed by atoms with Crippen LogP contribution in [0.3, 0.4) is 0 Å². The number of thioether (sulfide) groups is 1. The van der Waals surface area contributed by atoms with Crippen LogP contribution < -0.4 is 5.32 Å². The summed E-state index contributed by atoms with van der Waals surface area (Å²) in [6.45, 7) is 7.13. The molecule has 0 saturated carbocycles. The second-order valence-corrected chi connectivity index (χ2v) is 5.86. The van der Waals surface area contributed by atoms with Gasteiger partial charge in [0.25, 0.3) is 0 Å². The molecule has 0 aliphatic heterocycles. The van der Waals surface area contributed by atoms with E-state index in [1.54, 1.807) is 0 Å². The van der Waals surface area contributed by atoms with Crippen LogP contribution in [0.2, 0.25) is 0 Å². The van der Waals surface area contributed by atoms with E-state index in [9.17, 15) is 4.79 Å². The standard InChI is InChI=1S/C16H25NO2S/c1-4-17-16(12-13-20-6-3,15(18)19-5-2)14-10-8-7-9-11-14/h7-11,17H,4-6,12-13H2,1-3H3. The molecule has 20 heavy (non-hydrogen) atoms. The van der Waals surface area contributed by atoms with E-state index in [0.29, 0.717) is 6.61 Å². The lowest BCUT2D eigenvalue weighted by Crippen LogP contribution is -2.50. The van der Waals surface area contributed by atoms with Crippen molar-refractivity contribution < 1.29 is 9.53 Å². The lowest BCUT2D eigenvalue weighted by atomic mass is 9.87. The summed E-state index contributed by atoms with van der Waals surface area (Å²) in [7, 11) is 0. The Morgan fingerprint density at radius 3 is 2.50 bits per heavy atom. The molecule has 1 N–H and O–H groups in total. The van der Waals surface area contributed by atoms with Gasteiger partial charge in [-0.2, -0.15) is 11.8 Å². The molecule has 0 saturated heterocycles. The van der Waals surface area contributed by atoms with Crippen LogP contribution in [0.5, 0.6) is 0 Å². The SMILES string of the molecule is CCNC(CCSCC)(C(=O)OCC)c1ccccc1. The van der Waals surface area contributed by atoms with Crippen LogP contribution in [-0.4, -0.2) is 30.6 Å². The number of likely N-dealkylation sites (N-methyl/N-ethyl adjacent to an activating group) is 1. The molecule has 0 aliphatic rings. The van der Waals surface area contributed by atoms with Crippen LogP contribution in [0.1, 0.15) is 32.8 Å². The zero-order valence-electron chi connectivity index (χ0n) is 12.6. The first kappa shape index (κ1) is 17.1. The van der Waals surface area contributed by atoms with E-state index in [0.717, 1.165) is 30.0 Å². The number of hydrogen-bond acceptors (Lipinski definition) is 4. The lowest BCUT2D eigenvalue weighted by Gasteiger charge is -2.32. The monoisotopic (exact) mass is 295 g/mol. The van der Waals surface area contributed by atoms with Gasteiger partial charge in [0.15, 0.2) is 0 Å². The van der Waals surface area contributed by atoms with Crippen molar-refractivity contribution in [2.45, 2.75) is 32.7 Å². The minimum Gasteiger partial charge on any atom is -0.464 e. The molecule has 0 aliphatic carbocycles. The normalized spacial score (nSPS) is 13.8. The molecule has 0 amide bonds. The van der Waals surface area contributed by atoms with Gasteiger partial charge in [0.2, 0.25) is 0 Å². The molecule has 4 heteroatoms. The second-order valence-electron chi connectivity index (χ2n) is 4.47. The van der Waals surface area contributed by atoms with Crippen LogP contribution >= 0.6 is 11.8 Å². The van der Waals surface area contributed by atoms with E-state index in [1.165, 1.54) is 0 Å². The third kappa shape index (κ3) is 4.25. The number of rotatable bonds is 9. The quantitative estimate of drug-likeness (QED) is 0.561. The van der Waals surface area contributed by atoms with Crippen molar-refractivity contribution in [3.63, 3.8) is 0 Å². The number of carbonyl (C=O) groups is 1. The van der Waals surface area contributed by atoms with E-state index in [4.69, 9.17) is 4.74 Å². The molecule has 1 rings (SSSR count). The summed E-state index contributed by atoms with van der Waals surface area (Å²) in [6.07, 6.45) is 0.738. The Morgan fingerprint density at radius 1 is 1.25 bits per heavy atom. The molecule has 0 fully saturated rings. The first-order valence-corrected chi connectivity index (χ1v) is 8.42. The molecular weight excluding hydrogens is 270 g/mol. The summed E-state index contributed by atoms with van der Waals surface area (Å²) in [5, 5.41) is 3.37. The Bertz CT molecular complexity index is 397. The Morgan fingerprint density at radius 2 is 1.95 bits per heavy atom. The van der Waals surface area contributed by atoms with Crippen molar-refractivity contribution in [1.82, 2.24) is 5.32 Å². The van der Waals surface area contributed by atoms with Crippen LogP contribution in [0.25, 0.3) is 0 Å². The predicted octanol–water partition coefficient (Wildman–Crippen LogP) is 3.20. The maximum absolute atomic E-state index is 12.6. The van der Waals surface area contributed by atoms with Crippen molar-refractivity contribution in [3.05, 3.63) is 35.9 Å². The van der Waals surface area contributed by atoms with Gasteiger partial charge in [-0.3, -0.25) is 5.32 Å². The Balaban J connectivity index is 3.08. The van der Waals surface area contributed by atoms with Crippen LogP contribution in [0, 0.1) is 0 Å². The van der Waals surface area contributed by atoms with Gasteiger partial charge in [-0.05, 0) is 37.0 Å². The van der Waals surface area contributed by atoms with Gasteiger partial charge < -0.3 is 4.74 Å². The van der Waals surface area contributed by atoms with E-state index in [2.05, 4.69) is 12.2 Å². The highest BCUT2D eigenvalue weighted by atomic mass is 32.2. The molecule has 1 aromatic rings. The highest BCUT2D eigenvalue weighted by molar-refractivity contribution is 7.99. The molecule has 112 valence electrons. The van der Waals surface area contributed by atoms with Crippen LogP contribution in [-0.2, 0) is 15.1 Å². The van der Waals surface area contributed by atoms with Gasteiger partial charge in [0.1, 0.15) is 5.54 Å². The Kier molecular flexibility index (Phi) is 7.70. The number of nitrogens with one attached hydrogen (secondary N) is 1. The largest absolute Gasteiger partial charge is 0.464 e. The average Bonchev–Trinajstić information content (AvgIpc) is 2.47. The molecule has 1 unspecified atom stereocenters. The zero-order valence-corrected chi connectivity index (χ0v) is 13.5. The van der Waals surface area contributed by atoms with Gasteiger partial charge in [-0.25, -0.2) is 4.79 Å². The Labute approximate surface area is 126 Å². The number of benzene rings is 1. The van der Waals surface area contributed by atoms with E-state index in [-0.39, 0.29) is 5.97 Å². The van der Waals surface area contributed by atoms with Gasteiger partial charge in [-0.15, -0.1) is 0 Å². The maximum Gasteiger partial charge on any atom is 0.331 e. The van der Waals surface area contributed by atoms with Crippen molar-refractivity contribution >= 4 is 17.7 Å². The zero-order chi connectivity index (χ0) is 14.8. The number of esters is 1. The topological polar surface area (TPSA) is 38.3 Å². The summed E-state index contributed by atoms with van der Waals surface area (Å²) in [5.74, 6) is 1.81. The molecule has 1 atom stereocenters. The number of ether oxygens (including phenoxy) is 1. The third-order valence-corrected chi connectivity index (χ3v) is 4.10. The van der Waals surface area contributed by atoms with Gasteiger partial charge >= 0.3 is 5.97 Å². The fourth-order valence-corrected chi connectivity index (χ4v) is 3.01. The highest BCUT2D eigenvalue weighted by Crippen LogP contribution is 2.28. The fraction of sp³-hybridized carbons (Fsp3) is 0.562. The molecular formula is C16H25NO2S. The summed E-state index contributed by atoms with van der Waals surface area (Å²) in [6, 6.07) is 9.89. The smallest absolute Gasteiger partial charge is 0.331 e. The van der Waals surface area contributed by atoms with Crippen LogP contribution in [0.15, 0.2) is 30.3 Å². The minimum absolute atomic E-state index is 0.176. The van der Waals surface area contributed by atoms with Gasteiger partial charge in [-0.1, -0.05) is 44.2 Å². The second kappa shape index (κ2) is 9.03. The first-order chi connectivity index (χ1) is 9.71. The molecule has 0 aromatic heterocycles. The fourth-order valence-electron chi connectivity index (χ4n) is 2.28. The van der Waals surface area contributed by atoms with E-state index < -0.39 is 5.54 Å². The highest BCUT2D eigenvalue weighted by Gasteiger charge is 2.40. The summed E-state index contributed by atoms with van der Waals surface area (Å²) in [4.78, 5) is 12.6. The minimum atomic E-state index is -0.728. The van der Waals surface area contributed by atoms with Crippen molar-refractivity contribution in [2.75, 3.05) is 24.7 Å². The molecule has 0 heterocycles. The van der Waals surface area contributed by atoms with Gasteiger partial charge in [0.05, 0.1) is 6.61 Å². The summed E-state index contributed by atoms with van der Waals surface area (Å²) >= 11 is 1.84. The Hall–Kier alpha value is -1.00. The molecule has 0 bridgehead atoms. The lowest BCUT2D eigenvalue weighted by molar-refractivity contribution is -0.152.